The number of hydrogen-bond acceptors (Lipinski definition) is 3. The Kier molecular flexibility index (Phi) is 3.13. The third kappa shape index (κ3) is 2.35. The van der Waals surface area contributed by atoms with Crippen molar-refractivity contribution < 1.29 is 14.6 Å². The van der Waals surface area contributed by atoms with Gasteiger partial charge in [-0.1, -0.05) is 6.07 Å². The zero-order valence-electron chi connectivity index (χ0n) is 9.40. The van der Waals surface area contributed by atoms with Gasteiger partial charge in [0.05, 0.1) is 6.61 Å². The Balaban J connectivity index is 1.97. The van der Waals surface area contributed by atoms with Crippen molar-refractivity contribution in [2.45, 2.75) is 26.2 Å². The molecule has 0 unspecified atom stereocenters. The molecule has 0 radical (unpaired) electrons. The fourth-order valence-corrected chi connectivity index (χ4v) is 2.30. The number of rotatable bonds is 3. The van der Waals surface area contributed by atoms with Gasteiger partial charge in [0.2, 0.25) is 0 Å². The van der Waals surface area contributed by atoms with Crippen molar-refractivity contribution in [3.63, 3.8) is 0 Å². The Morgan fingerprint density at radius 2 is 2.19 bits per heavy atom. The lowest BCUT2D eigenvalue weighted by molar-refractivity contribution is -0.144. The van der Waals surface area contributed by atoms with Crippen molar-refractivity contribution in [2.24, 2.45) is 5.92 Å². The summed E-state index contributed by atoms with van der Waals surface area (Å²) in [5.74, 6) is 0.510. The number of carbonyl (C=O) groups excluding carboxylic acids is 1. The first-order chi connectivity index (χ1) is 7.69. The highest BCUT2D eigenvalue weighted by atomic mass is 16.5. The Bertz CT molecular complexity index is 398. The van der Waals surface area contributed by atoms with Crippen molar-refractivity contribution >= 4 is 5.97 Å². The van der Waals surface area contributed by atoms with Gasteiger partial charge in [0.1, 0.15) is 5.75 Å². The minimum atomic E-state index is -0.121. The Morgan fingerprint density at radius 1 is 1.44 bits per heavy atom. The van der Waals surface area contributed by atoms with E-state index < -0.39 is 0 Å². The third-order valence-electron chi connectivity index (χ3n) is 2.97. The highest BCUT2D eigenvalue weighted by Crippen LogP contribution is 2.31. The Hall–Kier alpha value is -1.51. The van der Waals surface area contributed by atoms with Gasteiger partial charge in [-0.15, -0.1) is 0 Å². The number of fused-ring (bicyclic) bond motifs is 1. The molecule has 0 aromatic heterocycles. The normalized spacial score (nSPS) is 18.2. The maximum atomic E-state index is 11.3. The van der Waals surface area contributed by atoms with Gasteiger partial charge in [0.15, 0.2) is 0 Å². The summed E-state index contributed by atoms with van der Waals surface area (Å²) in [5, 5.41) is 9.36. The molecule has 1 atom stereocenters. The molecule has 0 saturated heterocycles. The minimum Gasteiger partial charge on any atom is -0.508 e. The summed E-state index contributed by atoms with van der Waals surface area (Å²) >= 11 is 0. The van der Waals surface area contributed by atoms with Gasteiger partial charge in [0, 0.05) is 6.42 Å². The fourth-order valence-electron chi connectivity index (χ4n) is 2.30. The molecule has 86 valence electrons. The molecular formula is C13H16O3. The number of hydrogen-bond donors (Lipinski definition) is 1. The molecular weight excluding hydrogens is 204 g/mol. The van der Waals surface area contributed by atoms with Gasteiger partial charge in [-0.3, -0.25) is 4.79 Å². The molecule has 0 spiro atoms. The van der Waals surface area contributed by atoms with Gasteiger partial charge < -0.3 is 9.84 Å². The van der Waals surface area contributed by atoms with Crippen molar-refractivity contribution in [1.29, 1.82) is 0 Å². The quantitative estimate of drug-likeness (QED) is 0.793. The van der Waals surface area contributed by atoms with Crippen LogP contribution in [0.25, 0.3) is 0 Å². The van der Waals surface area contributed by atoms with E-state index >= 15 is 0 Å². The van der Waals surface area contributed by atoms with E-state index in [0.29, 0.717) is 24.7 Å². The molecule has 1 aromatic rings. The van der Waals surface area contributed by atoms with Crippen LogP contribution in [0.15, 0.2) is 18.2 Å². The van der Waals surface area contributed by atoms with Crippen LogP contribution in [0.1, 0.15) is 24.5 Å². The van der Waals surface area contributed by atoms with Crippen LogP contribution in [-0.2, 0) is 22.4 Å². The van der Waals surface area contributed by atoms with Crippen LogP contribution in [0, 0.1) is 5.92 Å². The Labute approximate surface area is 95.0 Å². The highest BCUT2D eigenvalue weighted by Gasteiger charge is 2.24. The number of carbonyl (C=O) groups is 1. The van der Waals surface area contributed by atoms with Crippen LogP contribution in [0.4, 0.5) is 0 Å². The number of esters is 1. The van der Waals surface area contributed by atoms with E-state index in [4.69, 9.17) is 4.74 Å². The highest BCUT2D eigenvalue weighted by molar-refractivity contribution is 5.70. The number of phenolic OH excluding ortho intramolecular Hbond substituents is 1. The molecule has 0 heterocycles. The summed E-state index contributed by atoms with van der Waals surface area (Å²) in [4.78, 5) is 11.3. The van der Waals surface area contributed by atoms with Crippen molar-refractivity contribution in [3.8, 4) is 5.75 Å². The predicted octanol–water partition coefficient (Wildman–Crippen LogP) is 2.06. The SMILES string of the molecule is CCOC(=O)C[C@@H]1Cc2ccc(O)cc2C1. The van der Waals surface area contributed by atoms with E-state index in [9.17, 15) is 9.90 Å². The van der Waals surface area contributed by atoms with Crippen molar-refractivity contribution in [2.75, 3.05) is 6.61 Å². The molecule has 1 N–H and O–H groups in total. The van der Waals surface area contributed by atoms with Crippen LogP contribution in [-0.4, -0.2) is 17.7 Å². The van der Waals surface area contributed by atoms with Gasteiger partial charge in [-0.05, 0) is 48.9 Å². The summed E-state index contributed by atoms with van der Waals surface area (Å²) in [5.41, 5.74) is 2.40. The second-order valence-corrected chi connectivity index (χ2v) is 4.24. The molecule has 0 bridgehead atoms. The molecule has 0 amide bonds. The van der Waals surface area contributed by atoms with Crippen LogP contribution >= 0.6 is 0 Å². The van der Waals surface area contributed by atoms with E-state index in [1.54, 1.807) is 12.1 Å². The molecule has 16 heavy (non-hydrogen) atoms. The predicted molar refractivity (Wildman–Crippen MR) is 60.3 cm³/mol. The van der Waals surface area contributed by atoms with Crippen molar-refractivity contribution in [1.82, 2.24) is 0 Å². The van der Waals surface area contributed by atoms with Crippen LogP contribution in [0.3, 0.4) is 0 Å². The van der Waals surface area contributed by atoms with Crippen LogP contribution in [0.2, 0.25) is 0 Å². The van der Waals surface area contributed by atoms with E-state index in [-0.39, 0.29) is 5.97 Å². The largest absolute Gasteiger partial charge is 0.508 e. The molecule has 2 rings (SSSR count). The molecule has 3 nitrogen and oxygen atoms in total. The second-order valence-electron chi connectivity index (χ2n) is 4.24. The van der Waals surface area contributed by atoms with Gasteiger partial charge in [0.25, 0.3) is 0 Å². The summed E-state index contributed by atoms with van der Waals surface area (Å²) in [7, 11) is 0. The maximum absolute atomic E-state index is 11.3. The van der Waals surface area contributed by atoms with Crippen LogP contribution in [0.5, 0.6) is 5.75 Å². The zero-order valence-corrected chi connectivity index (χ0v) is 9.40. The van der Waals surface area contributed by atoms with Crippen LogP contribution < -0.4 is 0 Å². The van der Waals surface area contributed by atoms with Gasteiger partial charge in [-0.2, -0.15) is 0 Å². The lowest BCUT2D eigenvalue weighted by Gasteiger charge is -2.07. The monoisotopic (exact) mass is 220 g/mol. The molecule has 0 fully saturated rings. The first-order valence-corrected chi connectivity index (χ1v) is 5.65. The first kappa shape index (κ1) is 11.0. The van der Waals surface area contributed by atoms with Gasteiger partial charge in [-0.25, -0.2) is 0 Å². The molecule has 0 aliphatic heterocycles. The average Bonchev–Trinajstić information content (AvgIpc) is 2.59. The fraction of sp³-hybridized carbons (Fsp3) is 0.462. The van der Waals surface area contributed by atoms with Crippen molar-refractivity contribution in [3.05, 3.63) is 29.3 Å². The molecule has 1 aromatic carbocycles. The minimum absolute atomic E-state index is 0.121. The molecule has 0 saturated carbocycles. The second kappa shape index (κ2) is 4.56. The lowest BCUT2D eigenvalue weighted by Crippen LogP contribution is -2.11. The van der Waals surface area contributed by atoms with E-state index in [0.717, 1.165) is 18.4 Å². The summed E-state index contributed by atoms with van der Waals surface area (Å²) in [6, 6.07) is 5.43. The number of benzene rings is 1. The third-order valence-corrected chi connectivity index (χ3v) is 2.97. The number of ether oxygens (including phenoxy) is 1. The topological polar surface area (TPSA) is 46.5 Å². The number of aromatic hydroxyl groups is 1. The standard InChI is InChI=1S/C13H16O3/c1-2-16-13(15)7-9-5-10-3-4-12(14)8-11(10)6-9/h3-4,8-9,14H,2,5-7H2,1H3/t9-/m1/s1. The average molecular weight is 220 g/mol. The molecule has 1 aliphatic carbocycles. The maximum Gasteiger partial charge on any atom is 0.306 e. The first-order valence-electron chi connectivity index (χ1n) is 5.65. The summed E-state index contributed by atoms with van der Waals surface area (Å²) in [6.45, 7) is 2.26. The summed E-state index contributed by atoms with van der Waals surface area (Å²) in [6.07, 6.45) is 2.25. The summed E-state index contributed by atoms with van der Waals surface area (Å²) < 4.78 is 4.94. The zero-order chi connectivity index (χ0) is 11.5. The van der Waals surface area contributed by atoms with E-state index in [1.165, 1.54) is 5.56 Å². The molecule has 1 aliphatic rings. The number of phenols is 1. The molecule has 3 heteroatoms. The smallest absolute Gasteiger partial charge is 0.306 e. The Morgan fingerprint density at radius 3 is 2.94 bits per heavy atom. The van der Waals surface area contributed by atoms with E-state index in [2.05, 4.69) is 0 Å². The van der Waals surface area contributed by atoms with Gasteiger partial charge >= 0.3 is 5.97 Å². The van der Waals surface area contributed by atoms with E-state index in [1.807, 2.05) is 13.0 Å². The lowest BCUT2D eigenvalue weighted by atomic mass is 10.0.